The summed E-state index contributed by atoms with van der Waals surface area (Å²) in [6.45, 7) is 2.06. The molecule has 1 atom stereocenters. The van der Waals surface area contributed by atoms with Crippen LogP contribution < -0.4 is 10.6 Å². The molecule has 3 aromatic carbocycles. The predicted molar refractivity (Wildman–Crippen MR) is 133 cm³/mol. The topological polar surface area (TPSA) is 105 Å². The second-order valence-electron chi connectivity index (χ2n) is 8.59. The molecular weight excluding hydrogens is 444 g/mol. The van der Waals surface area contributed by atoms with E-state index >= 15 is 0 Å². The van der Waals surface area contributed by atoms with E-state index in [0.717, 1.165) is 16.7 Å². The largest absolute Gasteiger partial charge is 0.481 e. The predicted octanol–water partition coefficient (Wildman–Crippen LogP) is 4.96. The van der Waals surface area contributed by atoms with E-state index in [2.05, 4.69) is 34.9 Å². The zero-order valence-electron chi connectivity index (χ0n) is 19.5. The van der Waals surface area contributed by atoms with Crippen LogP contribution in [0.25, 0.3) is 11.1 Å². The molecule has 3 aromatic rings. The van der Waals surface area contributed by atoms with Gasteiger partial charge in [0.1, 0.15) is 6.61 Å². The molecule has 0 fully saturated rings. The molecule has 1 aliphatic carbocycles. The van der Waals surface area contributed by atoms with Gasteiger partial charge in [-0.25, -0.2) is 4.79 Å². The number of carboxylic acid groups (broad SMARTS) is 1. The fraction of sp³-hybridized carbons (Fsp3) is 0.250. The van der Waals surface area contributed by atoms with Crippen molar-refractivity contribution in [2.75, 3.05) is 11.9 Å². The van der Waals surface area contributed by atoms with Crippen molar-refractivity contribution >= 4 is 23.7 Å². The Labute approximate surface area is 204 Å². The normalized spacial score (nSPS) is 12.8. The molecule has 35 heavy (non-hydrogen) atoms. The average molecular weight is 473 g/mol. The minimum Gasteiger partial charge on any atom is -0.481 e. The Morgan fingerprint density at radius 1 is 0.914 bits per heavy atom. The van der Waals surface area contributed by atoms with Crippen molar-refractivity contribution in [1.82, 2.24) is 5.32 Å². The number of amides is 2. The number of fused-ring (bicyclic) bond motifs is 3. The standard InChI is InChI=1S/C28H28N2O5/c1-2-19(16-27(32)33)29-26(31)15-18-11-13-20(14-12-18)30-28(34)35-17-25-23-9-5-3-7-21(23)22-8-4-6-10-24(22)25/h3-14,19,25H,2,15-17H2,1H3,(H,29,31)(H,30,34)(H,32,33)/t19-/m0/s1. The zero-order chi connectivity index (χ0) is 24.8. The van der Waals surface area contributed by atoms with E-state index in [1.54, 1.807) is 24.3 Å². The van der Waals surface area contributed by atoms with Crippen LogP contribution in [-0.4, -0.2) is 35.7 Å². The van der Waals surface area contributed by atoms with E-state index in [4.69, 9.17) is 9.84 Å². The smallest absolute Gasteiger partial charge is 0.411 e. The van der Waals surface area contributed by atoms with Crippen LogP contribution >= 0.6 is 0 Å². The average Bonchev–Trinajstić information content (AvgIpc) is 3.17. The van der Waals surface area contributed by atoms with Gasteiger partial charge in [-0.05, 0) is 46.4 Å². The van der Waals surface area contributed by atoms with Gasteiger partial charge in [-0.1, -0.05) is 67.6 Å². The van der Waals surface area contributed by atoms with Crippen LogP contribution in [0.3, 0.4) is 0 Å². The lowest BCUT2D eigenvalue weighted by Crippen LogP contribution is -2.36. The number of benzene rings is 3. The summed E-state index contributed by atoms with van der Waals surface area (Å²) >= 11 is 0. The number of rotatable bonds is 9. The maximum atomic E-state index is 12.5. The van der Waals surface area contributed by atoms with E-state index < -0.39 is 18.1 Å². The number of hydrogen-bond acceptors (Lipinski definition) is 4. The van der Waals surface area contributed by atoms with Gasteiger partial charge in [0.2, 0.25) is 5.91 Å². The molecule has 0 saturated heterocycles. The first-order valence-corrected chi connectivity index (χ1v) is 11.7. The molecule has 3 N–H and O–H groups in total. The lowest BCUT2D eigenvalue weighted by Gasteiger charge is -2.15. The van der Waals surface area contributed by atoms with Crippen LogP contribution in [0.2, 0.25) is 0 Å². The maximum Gasteiger partial charge on any atom is 0.411 e. The number of nitrogens with one attached hydrogen (secondary N) is 2. The molecule has 0 unspecified atom stereocenters. The third-order valence-corrected chi connectivity index (χ3v) is 6.19. The van der Waals surface area contributed by atoms with Gasteiger partial charge in [-0.2, -0.15) is 0 Å². The molecule has 0 heterocycles. The molecule has 0 spiro atoms. The number of anilines is 1. The van der Waals surface area contributed by atoms with Gasteiger partial charge in [0.25, 0.3) is 0 Å². The third kappa shape index (κ3) is 5.87. The summed E-state index contributed by atoms with van der Waals surface area (Å²) < 4.78 is 5.56. The van der Waals surface area contributed by atoms with E-state index in [0.29, 0.717) is 12.1 Å². The Balaban J connectivity index is 1.30. The molecule has 0 aliphatic heterocycles. The second-order valence-corrected chi connectivity index (χ2v) is 8.59. The second kappa shape index (κ2) is 10.9. The van der Waals surface area contributed by atoms with Crippen LogP contribution in [-0.2, 0) is 20.7 Å². The van der Waals surface area contributed by atoms with Crippen LogP contribution in [0, 0.1) is 0 Å². The van der Waals surface area contributed by atoms with E-state index in [1.807, 2.05) is 31.2 Å². The van der Waals surface area contributed by atoms with Gasteiger partial charge in [-0.3, -0.25) is 14.9 Å². The number of ether oxygens (including phenoxy) is 1. The summed E-state index contributed by atoms with van der Waals surface area (Å²) in [5, 5.41) is 14.4. The lowest BCUT2D eigenvalue weighted by atomic mass is 9.98. The molecular formula is C28H28N2O5. The Bertz CT molecular complexity index is 1180. The molecule has 180 valence electrons. The molecule has 0 saturated carbocycles. The van der Waals surface area contributed by atoms with Crippen molar-refractivity contribution < 1.29 is 24.2 Å². The molecule has 1 aliphatic rings. The van der Waals surface area contributed by atoms with Crippen LogP contribution in [0.15, 0.2) is 72.8 Å². The number of carbonyl (C=O) groups excluding carboxylic acids is 2. The van der Waals surface area contributed by atoms with E-state index in [9.17, 15) is 14.4 Å². The fourth-order valence-electron chi connectivity index (χ4n) is 4.43. The van der Waals surface area contributed by atoms with Gasteiger partial charge >= 0.3 is 12.1 Å². The summed E-state index contributed by atoms with van der Waals surface area (Å²) in [5.41, 5.74) is 5.96. The highest BCUT2D eigenvalue weighted by Gasteiger charge is 2.29. The minimum absolute atomic E-state index is 0.0119. The molecule has 0 radical (unpaired) electrons. The molecule has 0 bridgehead atoms. The number of aliphatic carboxylic acids is 1. The Hall–Kier alpha value is -4.13. The Kier molecular flexibility index (Phi) is 7.45. The van der Waals surface area contributed by atoms with Crippen molar-refractivity contribution in [3.05, 3.63) is 89.5 Å². The van der Waals surface area contributed by atoms with E-state index in [-0.39, 0.29) is 31.3 Å². The molecule has 7 nitrogen and oxygen atoms in total. The molecule has 0 aromatic heterocycles. The first kappa shape index (κ1) is 24.0. The Morgan fingerprint density at radius 2 is 1.51 bits per heavy atom. The van der Waals surface area contributed by atoms with Gasteiger partial charge in [0, 0.05) is 17.6 Å². The van der Waals surface area contributed by atoms with Crippen LogP contribution in [0.5, 0.6) is 0 Å². The van der Waals surface area contributed by atoms with E-state index in [1.165, 1.54) is 11.1 Å². The molecule has 7 heteroatoms. The first-order chi connectivity index (χ1) is 16.9. The SMILES string of the molecule is CC[C@@H](CC(=O)O)NC(=O)Cc1ccc(NC(=O)OCC2c3ccccc3-c3ccccc32)cc1. The van der Waals surface area contributed by atoms with Crippen LogP contribution in [0.1, 0.15) is 42.4 Å². The lowest BCUT2D eigenvalue weighted by molar-refractivity contribution is -0.137. The molecule has 4 rings (SSSR count). The van der Waals surface area contributed by atoms with Crippen molar-refractivity contribution in [1.29, 1.82) is 0 Å². The van der Waals surface area contributed by atoms with Crippen molar-refractivity contribution in [2.24, 2.45) is 0 Å². The van der Waals surface area contributed by atoms with Crippen molar-refractivity contribution in [3.8, 4) is 11.1 Å². The summed E-state index contributed by atoms with van der Waals surface area (Å²) in [6, 6.07) is 22.8. The third-order valence-electron chi connectivity index (χ3n) is 6.19. The van der Waals surface area contributed by atoms with Gasteiger partial charge in [0.15, 0.2) is 0 Å². The highest BCUT2D eigenvalue weighted by atomic mass is 16.5. The first-order valence-electron chi connectivity index (χ1n) is 11.7. The summed E-state index contributed by atoms with van der Waals surface area (Å²) in [4.78, 5) is 35.5. The fourth-order valence-corrected chi connectivity index (χ4v) is 4.43. The quantitative estimate of drug-likeness (QED) is 0.408. The van der Waals surface area contributed by atoms with Crippen molar-refractivity contribution in [2.45, 2.75) is 38.1 Å². The van der Waals surface area contributed by atoms with Crippen molar-refractivity contribution in [3.63, 3.8) is 0 Å². The monoisotopic (exact) mass is 472 g/mol. The summed E-state index contributed by atoms with van der Waals surface area (Å²) in [6.07, 6.45) is 0.0185. The Morgan fingerprint density at radius 3 is 2.09 bits per heavy atom. The van der Waals surface area contributed by atoms with Crippen LogP contribution in [0.4, 0.5) is 10.5 Å². The summed E-state index contributed by atoms with van der Waals surface area (Å²) in [5.74, 6) is -1.20. The zero-order valence-corrected chi connectivity index (χ0v) is 19.5. The maximum absolute atomic E-state index is 12.5. The number of carbonyl (C=O) groups is 3. The van der Waals surface area contributed by atoms with Gasteiger partial charge in [-0.15, -0.1) is 0 Å². The summed E-state index contributed by atoms with van der Waals surface area (Å²) in [7, 11) is 0. The highest BCUT2D eigenvalue weighted by Crippen LogP contribution is 2.44. The van der Waals surface area contributed by atoms with Gasteiger partial charge in [0.05, 0.1) is 12.8 Å². The number of carboxylic acids is 1. The number of hydrogen-bond donors (Lipinski definition) is 3. The minimum atomic E-state index is -0.944. The molecule has 2 amide bonds. The van der Waals surface area contributed by atoms with Gasteiger partial charge < -0.3 is 15.2 Å². The highest BCUT2D eigenvalue weighted by molar-refractivity contribution is 5.85.